The zero-order valence-corrected chi connectivity index (χ0v) is 21.8. The van der Waals surface area contributed by atoms with Crippen LogP contribution in [0.25, 0.3) is 17.1 Å². The number of piperidine rings is 2. The summed E-state index contributed by atoms with van der Waals surface area (Å²) in [5.74, 6) is -1.34. The Bertz CT molecular complexity index is 1360. The first-order valence-corrected chi connectivity index (χ1v) is 14.4. The van der Waals surface area contributed by atoms with Gasteiger partial charge in [-0.15, -0.1) is 5.10 Å². The van der Waals surface area contributed by atoms with Crippen LogP contribution in [0.1, 0.15) is 32.6 Å². The third-order valence-electron chi connectivity index (χ3n) is 6.96. The third kappa shape index (κ3) is 6.00. The minimum atomic E-state index is -3.42. The summed E-state index contributed by atoms with van der Waals surface area (Å²) in [5, 5.41) is 8.68. The lowest BCUT2D eigenvalue weighted by molar-refractivity contribution is -0.0221. The second-order valence-corrected chi connectivity index (χ2v) is 11.8. The number of hydrogen-bond acceptors (Lipinski definition) is 7. The van der Waals surface area contributed by atoms with Crippen LogP contribution >= 0.6 is 0 Å². The molecule has 3 aromatic rings. The minimum absolute atomic E-state index is 0.183. The van der Waals surface area contributed by atoms with Gasteiger partial charge in [-0.25, -0.2) is 26.9 Å². The lowest BCUT2D eigenvalue weighted by Gasteiger charge is -2.33. The molecular formula is C25H31F2N7O2S. The van der Waals surface area contributed by atoms with E-state index in [9.17, 15) is 17.2 Å². The van der Waals surface area contributed by atoms with Crippen molar-refractivity contribution in [2.24, 2.45) is 5.92 Å². The Hall–Kier alpha value is -3.28. The summed E-state index contributed by atoms with van der Waals surface area (Å²) in [7, 11) is -3.42. The summed E-state index contributed by atoms with van der Waals surface area (Å²) in [6.45, 7) is 4.46. The molecule has 37 heavy (non-hydrogen) atoms. The topological polar surface area (TPSA) is 96.2 Å². The van der Waals surface area contributed by atoms with Gasteiger partial charge < -0.3 is 9.80 Å². The minimum Gasteiger partial charge on any atom is -0.370 e. The molecule has 4 heterocycles. The van der Waals surface area contributed by atoms with Crippen molar-refractivity contribution < 1.29 is 17.2 Å². The Morgan fingerprint density at radius 1 is 0.973 bits per heavy atom. The predicted octanol–water partition coefficient (Wildman–Crippen LogP) is 4.17. The van der Waals surface area contributed by atoms with Crippen molar-refractivity contribution in [2.45, 2.75) is 38.5 Å². The first kappa shape index (κ1) is 25.4. The Morgan fingerprint density at radius 2 is 1.70 bits per heavy atom. The van der Waals surface area contributed by atoms with Crippen LogP contribution in [0.3, 0.4) is 0 Å². The molecule has 0 atom stereocenters. The molecule has 0 aliphatic carbocycles. The molecule has 2 fully saturated rings. The van der Waals surface area contributed by atoms with Gasteiger partial charge in [0.15, 0.2) is 0 Å². The number of nitrogens with one attached hydrogen (secondary N) is 1. The standard InChI is InChI=1S/C25H31F2N7O2S/c1-18-8-12-32(13-9-18)23-16-19(30-37(2,35)36)6-7-22(23)34-17-21(29-31-34)20-4-3-5-24(28-20)33-14-10-25(26,27)11-15-33/h3-7,16-18,30H,8-15H2,1-2H3. The average molecular weight is 532 g/mol. The van der Waals surface area contributed by atoms with Crippen LogP contribution in [-0.2, 0) is 10.0 Å². The summed E-state index contributed by atoms with van der Waals surface area (Å²) in [6, 6.07) is 10.9. The van der Waals surface area contributed by atoms with E-state index in [1.165, 1.54) is 0 Å². The molecule has 198 valence electrons. The molecule has 5 rings (SSSR count). The summed E-state index contributed by atoms with van der Waals surface area (Å²) in [6.07, 6.45) is 4.64. The van der Waals surface area contributed by atoms with E-state index in [0.717, 1.165) is 43.6 Å². The van der Waals surface area contributed by atoms with E-state index >= 15 is 0 Å². The number of alkyl halides is 2. The van der Waals surface area contributed by atoms with Crippen LogP contribution in [0.4, 0.5) is 26.0 Å². The number of rotatable bonds is 6. The second kappa shape index (κ2) is 9.88. The molecule has 2 aliphatic rings. The molecule has 1 N–H and O–H groups in total. The highest BCUT2D eigenvalue weighted by atomic mass is 32.2. The number of anilines is 3. The van der Waals surface area contributed by atoms with Gasteiger partial charge in [0.25, 0.3) is 5.92 Å². The Labute approximate surface area is 215 Å². The van der Waals surface area contributed by atoms with Crippen LogP contribution in [0, 0.1) is 5.92 Å². The van der Waals surface area contributed by atoms with Gasteiger partial charge in [0.1, 0.15) is 11.5 Å². The molecule has 0 saturated carbocycles. The lowest BCUT2D eigenvalue weighted by Crippen LogP contribution is -2.39. The van der Waals surface area contributed by atoms with Crippen LogP contribution in [-0.4, -0.2) is 66.8 Å². The molecule has 0 amide bonds. The molecule has 2 aromatic heterocycles. The van der Waals surface area contributed by atoms with E-state index < -0.39 is 15.9 Å². The number of hydrogen-bond donors (Lipinski definition) is 1. The Kier molecular flexibility index (Phi) is 6.78. The van der Waals surface area contributed by atoms with E-state index in [-0.39, 0.29) is 25.9 Å². The van der Waals surface area contributed by atoms with Crippen LogP contribution in [0.2, 0.25) is 0 Å². The molecule has 1 aromatic carbocycles. The van der Waals surface area contributed by atoms with Gasteiger partial charge in [-0.3, -0.25) is 4.72 Å². The fraction of sp³-hybridized carbons (Fsp3) is 0.480. The number of sulfonamides is 1. The number of benzene rings is 1. The van der Waals surface area contributed by atoms with Gasteiger partial charge in [-0.05, 0) is 49.1 Å². The van der Waals surface area contributed by atoms with Crippen molar-refractivity contribution in [1.29, 1.82) is 0 Å². The molecule has 0 bridgehead atoms. The van der Waals surface area contributed by atoms with Gasteiger partial charge in [-0.1, -0.05) is 18.2 Å². The Morgan fingerprint density at radius 3 is 2.41 bits per heavy atom. The van der Waals surface area contributed by atoms with E-state index in [4.69, 9.17) is 0 Å². The zero-order valence-electron chi connectivity index (χ0n) is 20.9. The van der Waals surface area contributed by atoms with E-state index in [0.29, 0.717) is 28.8 Å². The largest absolute Gasteiger partial charge is 0.370 e. The summed E-state index contributed by atoms with van der Waals surface area (Å²) < 4.78 is 55.0. The molecule has 0 radical (unpaired) electrons. The number of pyridine rings is 1. The highest BCUT2D eigenvalue weighted by Crippen LogP contribution is 2.33. The maximum atomic E-state index is 13.6. The molecule has 2 aliphatic heterocycles. The molecule has 12 heteroatoms. The highest BCUT2D eigenvalue weighted by Gasteiger charge is 2.34. The quantitative estimate of drug-likeness (QED) is 0.510. The summed E-state index contributed by atoms with van der Waals surface area (Å²) in [4.78, 5) is 8.79. The SMILES string of the molecule is CC1CCN(c2cc(NS(C)(=O)=O)ccc2-n2cc(-c3cccc(N4CCC(F)(F)CC4)n3)nn2)CC1. The van der Waals surface area contributed by atoms with E-state index in [1.807, 2.05) is 35.2 Å². The van der Waals surface area contributed by atoms with E-state index in [2.05, 4.69) is 31.8 Å². The first-order valence-electron chi connectivity index (χ1n) is 12.5. The first-order chi connectivity index (χ1) is 17.6. The summed E-state index contributed by atoms with van der Waals surface area (Å²) in [5.41, 5.74) is 3.29. The third-order valence-corrected chi connectivity index (χ3v) is 7.57. The van der Waals surface area contributed by atoms with Crippen molar-refractivity contribution in [3.63, 3.8) is 0 Å². The van der Waals surface area contributed by atoms with Crippen molar-refractivity contribution in [3.05, 3.63) is 42.6 Å². The molecule has 0 unspecified atom stereocenters. The molecule has 9 nitrogen and oxygen atoms in total. The molecular weight excluding hydrogens is 500 g/mol. The van der Waals surface area contributed by atoms with Crippen molar-refractivity contribution in [3.8, 4) is 17.1 Å². The lowest BCUT2D eigenvalue weighted by atomic mass is 9.98. The van der Waals surface area contributed by atoms with Crippen molar-refractivity contribution in [1.82, 2.24) is 20.0 Å². The van der Waals surface area contributed by atoms with Crippen molar-refractivity contribution in [2.75, 3.05) is 47.0 Å². The number of nitrogens with zero attached hydrogens (tertiary/aromatic N) is 6. The van der Waals surface area contributed by atoms with Gasteiger partial charge in [-0.2, -0.15) is 0 Å². The van der Waals surface area contributed by atoms with Crippen LogP contribution < -0.4 is 14.5 Å². The van der Waals surface area contributed by atoms with Crippen molar-refractivity contribution >= 4 is 27.2 Å². The average Bonchev–Trinajstić information content (AvgIpc) is 3.34. The maximum absolute atomic E-state index is 13.6. The van der Waals surface area contributed by atoms with Gasteiger partial charge in [0.05, 0.1) is 35.2 Å². The van der Waals surface area contributed by atoms with Crippen LogP contribution in [0.15, 0.2) is 42.6 Å². The van der Waals surface area contributed by atoms with Gasteiger partial charge >= 0.3 is 0 Å². The number of aromatic nitrogens is 4. The highest BCUT2D eigenvalue weighted by molar-refractivity contribution is 7.92. The zero-order chi connectivity index (χ0) is 26.2. The normalized spacial score (nSPS) is 18.7. The molecule has 2 saturated heterocycles. The maximum Gasteiger partial charge on any atom is 0.251 e. The predicted molar refractivity (Wildman–Crippen MR) is 140 cm³/mol. The second-order valence-electron chi connectivity index (χ2n) is 10.0. The van der Waals surface area contributed by atoms with Gasteiger partial charge in [0.2, 0.25) is 10.0 Å². The van der Waals surface area contributed by atoms with E-state index in [1.54, 1.807) is 16.9 Å². The fourth-order valence-corrected chi connectivity index (χ4v) is 5.36. The fourth-order valence-electron chi connectivity index (χ4n) is 4.80. The molecule has 0 spiro atoms. The van der Waals surface area contributed by atoms with Crippen LogP contribution in [0.5, 0.6) is 0 Å². The Balaban J connectivity index is 1.44. The monoisotopic (exact) mass is 531 g/mol. The van der Waals surface area contributed by atoms with Gasteiger partial charge in [0, 0.05) is 39.0 Å². The summed E-state index contributed by atoms with van der Waals surface area (Å²) >= 11 is 0. The smallest absolute Gasteiger partial charge is 0.251 e. The number of halogens is 2.